The van der Waals surface area contributed by atoms with E-state index in [1.807, 2.05) is 0 Å². The lowest BCUT2D eigenvalue weighted by Gasteiger charge is -2.50. The van der Waals surface area contributed by atoms with Crippen molar-refractivity contribution in [3.8, 4) is 28.7 Å². The number of allylic oxidation sites excluding steroid dienone is 1. The molecule has 10 nitrogen and oxygen atoms in total. The maximum Gasteiger partial charge on any atom is 0.234 e. The van der Waals surface area contributed by atoms with Crippen molar-refractivity contribution in [2.45, 2.75) is 23.9 Å². The average Bonchev–Trinajstić information content (AvgIpc) is 3.14. The second-order valence-corrected chi connectivity index (χ2v) is 9.35. The molecule has 35 heavy (non-hydrogen) atoms. The van der Waals surface area contributed by atoms with Gasteiger partial charge >= 0.3 is 0 Å². The summed E-state index contributed by atoms with van der Waals surface area (Å²) in [7, 11) is 1.42. The van der Waals surface area contributed by atoms with Crippen LogP contribution in [0.4, 0.5) is 0 Å². The number of aromatic hydroxyl groups is 3. The third-order valence-corrected chi connectivity index (χ3v) is 7.62. The third-order valence-electron chi connectivity index (χ3n) is 7.62. The first kappa shape index (κ1) is 21.9. The highest BCUT2D eigenvalue weighted by atomic mass is 16.6. The van der Waals surface area contributed by atoms with Gasteiger partial charge in [0, 0.05) is 29.9 Å². The molecule has 0 radical (unpaired) electrons. The number of ketones is 2. The molecular weight excluding hydrogens is 460 g/mol. The van der Waals surface area contributed by atoms with Crippen LogP contribution in [0.5, 0.6) is 28.7 Å². The van der Waals surface area contributed by atoms with Crippen molar-refractivity contribution in [1.82, 2.24) is 0 Å². The van der Waals surface area contributed by atoms with Gasteiger partial charge in [0.05, 0.1) is 19.6 Å². The van der Waals surface area contributed by atoms with Crippen LogP contribution in [0.1, 0.15) is 21.8 Å². The van der Waals surface area contributed by atoms with E-state index < -0.39 is 59.0 Å². The van der Waals surface area contributed by atoms with Gasteiger partial charge in [-0.15, -0.1) is 0 Å². The predicted molar refractivity (Wildman–Crippen MR) is 116 cm³/mol. The van der Waals surface area contributed by atoms with E-state index in [9.17, 15) is 35.1 Å². The van der Waals surface area contributed by atoms with Crippen molar-refractivity contribution in [2.24, 2.45) is 17.8 Å². The van der Waals surface area contributed by atoms with E-state index >= 15 is 0 Å². The van der Waals surface area contributed by atoms with Gasteiger partial charge in [-0.1, -0.05) is 12.1 Å². The summed E-state index contributed by atoms with van der Waals surface area (Å²) in [4.78, 5) is 26.2. The van der Waals surface area contributed by atoms with Crippen molar-refractivity contribution >= 4 is 11.6 Å². The maximum atomic E-state index is 13.3. The average molecular weight is 482 g/mol. The summed E-state index contributed by atoms with van der Waals surface area (Å²) in [5.41, 5.74) is 0.796. The molecule has 1 saturated heterocycles. The number of aliphatic hydroxyl groups excluding tert-OH is 1. The van der Waals surface area contributed by atoms with Crippen molar-refractivity contribution in [3.05, 3.63) is 53.1 Å². The van der Waals surface area contributed by atoms with Crippen LogP contribution in [0.15, 0.2) is 42.0 Å². The number of benzene rings is 2. The summed E-state index contributed by atoms with van der Waals surface area (Å²) in [5.74, 6) is -6.84. The number of carbonyl (C=O) groups excluding carboxylic acids is 2. The monoisotopic (exact) mass is 482 g/mol. The zero-order valence-corrected chi connectivity index (χ0v) is 18.4. The number of methoxy groups -OCH3 is 1. The molecule has 7 atom stereocenters. The standard InChI is InChI=1S/C25H22O10/c1-33-16-4-9(2-3-14(16)27)18-11-7-12(20-13(18)8-34-25(20,32)24(11)31)23-22(30)21(29)19-15(28)5-10(26)6-17(19)35-23/h2-7,11,13,18,20,22-23,26-28,30,32H,8H2,1H3/t11-,13+,18+,20+,22?,23-,25-/m1/s1. The molecule has 2 aliphatic heterocycles. The van der Waals surface area contributed by atoms with Crippen LogP contribution < -0.4 is 9.47 Å². The fourth-order valence-electron chi connectivity index (χ4n) is 6.16. The molecule has 10 heteroatoms. The number of hydrogen-bond acceptors (Lipinski definition) is 10. The predicted octanol–water partition coefficient (Wildman–Crippen LogP) is 0.990. The van der Waals surface area contributed by atoms with Gasteiger partial charge in [0.15, 0.2) is 29.5 Å². The SMILES string of the molecule is COc1cc([C@@H]2[C@@H]3CO[C@@]4(O)C(=O)[C@@H]2C=C([C@H]2Oc5cc(O)cc(O)c5C(=O)C2O)[C@@H]34)ccc1O. The van der Waals surface area contributed by atoms with E-state index in [0.717, 1.165) is 12.1 Å². The largest absolute Gasteiger partial charge is 0.508 e. The number of rotatable bonds is 3. The van der Waals surface area contributed by atoms with Gasteiger partial charge in [0.1, 0.15) is 22.8 Å². The van der Waals surface area contributed by atoms with Gasteiger partial charge < -0.3 is 39.7 Å². The first-order valence-electron chi connectivity index (χ1n) is 11.1. The molecule has 0 amide bonds. The van der Waals surface area contributed by atoms with Gasteiger partial charge in [-0.05, 0) is 23.3 Å². The van der Waals surface area contributed by atoms with E-state index in [0.29, 0.717) is 11.1 Å². The van der Waals surface area contributed by atoms with Crippen LogP contribution in [0, 0.1) is 17.8 Å². The fraction of sp³-hybridized carbons (Fsp3) is 0.360. The lowest BCUT2D eigenvalue weighted by Crippen LogP contribution is -2.60. The Hall–Kier alpha value is -3.60. The lowest BCUT2D eigenvalue weighted by atomic mass is 9.55. The third kappa shape index (κ3) is 2.81. The van der Waals surface area contributed by atoms with Gasteiger partial charge in [-0.2, -0.15) is 0 Å². The Kier molecular flexibility index (Phi) is 4.51. The van der Waals surface area contributed by atoms with Gasteiger partial charge in [0.25, 0.3) is 0 Å². The van der Waals surface area contributed by atoms with Crippen molar-refractivity contribution in [2.75, 3.05) is 13.7 Å². The van der Waals surface area contributed by atoms with Crippen LogP contribution in [-0.2, 0) is 9.53 Å². The molecular formula is C25H22O10. The maximum absolute atomic E-state index is 13.3. The van der Waals surface area contributed by atoms with Crippen LogP contribution in [0.25, 0.3) is 0 Å². The van der Waals surface area contributed by atoms with Crippen molar-refractivity contribution in [3.63, 3.8) is 0 Å². The molecule has 1 unspecified atom stereocenters. The fourth-order valence-corrected chi connectivity index (χ4v) is 6.16. The second kappa shape index (κ2) is 7.20. The first-order valence-corrected chi connectivity index (χ1v) is 11.1. The highest BCUT2D eigenvalue weighted by Crippen LogP contribution is 2.61. The smallest absolute Gasteiger partial charge is 0.234 e. The molecule has 4 bridgehead atoms. The molecule has 3 aliphatic carbocycles. The number of carbonyl (C=O) groups is 2. The van der Waals surface area contributed by atoms with E-state index in [4.69, 9.17) is 14.2 Å². The molecule has 7 rings (SSSR count). The van der Waals surface area contributed by atoms with Crippen LogP contribution >= 0.6 is 0 Å². The minimum absolute atomic E-state index is 0.0452. The molecule has 182 valence electrons. The first-order chi connectivity index (χ1) is 16.7. The molecule has 5 aliphatic rings. The quantitative estimate of drug-likeness (QED) is 0.399. The molecule has 2 fully saturated rings. The van der Waals surface area contributed by atoms with Gasteiger partial charge in [-0.3, -0.25) is 9.59 Å². The minimum atomic E-state index is -2.13. The van der Waals surface area contributed by atoms with Crippen LogP contribution in [0.3, 0.4) is 0 Å². The Morgan fingerprint density at radius 3 is 2.60 bits per heavy atom. The lowest BCUT2D eigenvalue weighted by molar-refractivity contribution is -0.206. The molecule has 0 aromatic heterocycles. The summed E-state index contributed by atoms with van der Waals surface area (Å²) < 4.78 is 16.7. The van der Waals surface area contributed by atoms with Gasteiger partial charge in [-0.25, -0.2) is 0 Å². The highest BCUT2D eigenvalue weighted by molar-refractivity contribution is 6.06. The molecule has 0 spiro atoms. The Bertz CT molecular complexity index is 1320. The Morgan fingerprint density at radius 2 is 1.86 bits per heavy atom. The van der Waals surface area contributed by atoms with Gasteiger partial charge in [0.2, 0.25) is 11.6 Å². The zero-order valence-electron chi connectivity index (χ0n) is 18.4. The summed E-state index contributed by atoms with van der Waals surface area (Å²) in [6.45, 7) is 0.0452. The summed E-state index contributed by atoms with van der Waals surface area (Å²) in [6, 6.07) is 6.91. The van der Waals surface area contributed by atoms with E-state index in [-0.39, 0.29) is 35.2 Å². The normalized spacial score (nSPS) is 34.9. The number of fused-ring (bicyclic) bond motifs is 1. The molecule has 2 heterocycles. The van der Waals surface area contributed by atoms with Crippen LogP contribution in [0.2, 0.25) is 0 Å². The molecule has 2 aromatic carbocycles. The minimum Gasteiger partial charge on any atom is -0.508 e. The Labute approximate surface area is 198 Å². The van der Waals surface area contributed by atoms with E-state index in [1.165, 1.54) is 13.2 Å². The highest BCUT2D eigenvalue weighted by Gasteiger charge is 2.69. The Balaban J connectivity index is 1.46. The zero-order chi connectivity index (χ0) is 24.8. The summed E-state index contributed by atoms with van der Waals surface area (Å²) in [6.07, 6.45) is -1.37. The van der Waals surface area contributed by atoms with Crippen molar-refractivity contribution < 1.29 is 49.3 Å². The Morgan fingerprint density at radius 1 is 1.09 bits per heavy atom. The molecule has 5 N–H and O–H groups in total. The molecule has 2 aromatic rings. The number of aliphatic hydroxyl groups is 2. The second-order valence-electron chi connectivity index (χ2n) is 9.35. The number of Topliss-reactive ketones (excluding diaryl/α,β-unsaturated/α-hetero) is 2. The number of hydrogen-bond donors (Lipinski definition) is 5. The van der Waals surface area contributed by atoms with Crippen molar-refractivity contribution in [1.29, 1.82) is 0 Å². The van der Waals surface area contributed by atoms with E-state index in [2.05, 4.69) is 0 Å². The number of ether oxygens (including phenoxy) is 3. The summed E-state index contributed by atoms with van der Waals surface area (Å²) in [5, 5.41) is 52.0. The summed E-state index contributed by atoms with van der Waals surface area (Å²) >= 11 is 0. The number of phenols is 3. The van der Waals surface area contributed by atoms with Crippen LogP contribution in [-0.4, -0.2) is 68.8 Å². The molecule has 1 saturated carbocycles. The topological polar surface area (TPSA) is 163 Å². The van der Waals surface area contributed by atoms with E-state index in [1.54, 1.807) is 18.2 Å². The number of phenolic OH excluding ortho intramolecular Hbond substituents is 3.